The minimum absolute atomic E-state index is 0.0911. The van der Waals surface area contributed by atoms with Crippen LogP contribution >= 0.6 is 11.6 Å². The summed E-state index contributed by atoms with van der Waals surface area (Å²) < 4.78 is 46.4. The molecule has 4 heterocycles. The quantitative estimate of drug-likeness (QED) is 0.316. The molecule has 1 atom stereocenters. The number of nitrogens with zero attached hydrogens (tertiary/aromatic N) is 3. The van der Waals surface area contributed by atoms with E-state index in [4.69, 9.17) is 25.8 Å². The van der Waals surface area contributed by atoms with Gasteiger partial charge in [0.15, 0.2) is 17.4 Å². The third kappa shape index (κ3) is 4.87. The summed E-state index contributed by atoms with van der Waals surface area (Å²) in [5, 5.41) is 13.0. The minimum atomic E-state index is -0.935. The Balaban J connectivity index is 1.44. The number of nitrogens with one attached hydrogen (secondary N) is 2. The number of aliphatic hydroxyl groups excluding tert-OH is 1. The third-order valence-electron chi connectivity index (χ3n) is 5.85. The molecule has 0 amide bonds. The molecule has 0 saturated heterocycles. The van der Waals surface area contributed by atoms with Crippen molar-refractivity contribution in [2.75, 3.05) is 32.2 Å². The van der Waals surface area contributed by atoms with Crippen molar-refractivity contribution in [3.05, 3.63) is 59.5 Å². The molecule has 12 heteroatoms. The monoisotopic (exact) mass is 529 g/mol. The highest BCUT2D eigenvalue weighted by Crippen LogP contribution is 2.39. The number of aliphatic imine (C=N–C) groups is 1. The van der Waals surface area contributed by atoms with Crippen LogP contribution in [0, 0.1) is 17.0 Å². The van der Waals surface area contributed by atoms with Gasteiger partial charge in [0.25, 0.3) is 6.02 Å². The van der Waals surface area contributed by atoms with Crippen LogP contribution in [0.25, 0.3) is 22.2 Å². The average molecular weight is 530 g/mol. The molecule has 0 unspecified atom stereocenters. The number of ether oxygens (including phenoxy) is 3. The number of amidine groups is 1. The van der Waals surface area contributed by atoms with E-state index >= 15 is 8.78 Å². The first-order valence-electron chi connectivity index (χ1n) is 11.2. The van der Waals surface area contributed by atoms with Crippen LogP contribution in [-0.2, 0) is 4.74 Å². The van der Waals surface area contributed by atoms with Crippen molar-refractivity contribution in [1.29, 1.82) is 0 Å². The van der Waals surface area contributed by atoms with Gasteiger partial charge in [-0.2, -0.15) is 0 Å². The Morgan fingerprint density at radius 3 is 2.68 bits per heavy atom. The van der Waals surface area contributed by atoms with Crippen LogP contribution in [0.3, 0.4) is 0 Å². The first-order chi connectivity index (χ1) is 17.8. The van der Waals surface area contributed by atoms with Gasteiger partial charge in [-0.15, -0.1) is 0 Å². The van der Waals surface area contributed by atoms with E-state index in [0.717, 1.165) is 12.1 Å². The molecule has 1 aromatic carbocycles. The Labute approximate surface area is 215 Å². The fraction of sp³-hybridized carbons (Fsp3) is 0.240. The van der Waals surface area contributed by atoms with E-state index in [1.807, 2.05) is 6.92 Å². The normalized spacial score (nSPS) is 17.3. The second-order valence-corrected chi connectivity index (χ2v) is 9.23. The molecule has 0 bridgehead atoms. The van der Waals surface area contributed by atoms with Gasteiger partial charge in [-0.1, -0.05) is 18.5 Å². The van der Waals surface area contributed by atoms with Gasteiger partial charge in [-0.05, 0) is 12.1 Å². The zero-order valence-electron chi connectivity index (χ0n) is 19.8. The van der Waals surface area contributed by atoms with Crippen molar-refractivity contribution < 1.29 is 28.1 Å². The van der Waals surface area contributed by atoms with Crippen molar-refractivity contribution >= 4 is 34.3 Å². The van der Waals surface area contributed by atoms with Crippen LogP contribution in [0.2, 0.25) is 5.02 Å². The predicted molar refractivity (Wildman–Crippen MR) is 134 cm³/mol. The number of hydrogen-bond acceptors (Lipinski definition) is 8. The second kappa shape index (κ2) is 9.83. The Morgan fingerprint density at radius 2 is 2.03 bits per heavy atom. The number of rotatable bonds is 6. The largest absolute Gasteiger partial charge is 0.480 e. The number of anilines is 1. The Kier molecular flexibility index (Phi) is 6.57. The maximum absolute atomic E-state index is 15.0. The lowest BCUT2D eigenvalue weighted by Gasteiger charge is -2.30. The first kappa shape index (κ1) is 24.7. The Hall–Kier alpha value is -3.96. The van der Waals surface area contributed by atoms with Crippen molar-refractivity contribution in [2.24, 2.45) is 10.4 Å². The molecule has 9 nitrogen and oxygen atoms in total. The lowest BCUT2D eigenvalue weighted by molar-refractivity contribution is 0.0706. The van der Waals surface area contributed by atoms with E-state index in [1.165, 1.54) is 19.4 Å². The molecule has 5 rings (SSSR count). The van der Waals surface area contributed by atoms with Gasteiger partial charge in [0.05, 0.1) is 25.6 Å². The van der Waals surface area contributed by atoms with E-state index in [9.17, 15) is 5.11 Å². The molecule has 37 heavy (non-hydrogen) atoms. The van der Waals surface area contributed by atoms with Crippen LogP contribution in [0.15, 0.2) is 47.8 Å². The summed E-state index contributed by atoms with van der Waals surface area (Å²) in [6.07, 6.45) is 4.70. The van der Waals surface area contributed by atoms with Gasteiger partial charge >= 0.3 is 0 Å². The van der Waals surface area contributed by atoms with Crippen LogP contribution in [0.1, 0.15) is 6.92 Å². The predicted octanol–water partition coefficient (Wildman–Crippen LogP) is 5.15. The maximum Gasteiger partial charge on any atom is 0.289 e. The number of halogens is 3. The summed E-state index contributed by atoms with van der Waals surface area (Å²) in [5.74, 6) is -2.01. The van der Waals surface area contributed by atoms with Crippen LogP contribution in [0.4, 0.5) is 14.5 Å². The molecular formula is C25H22ClF2N5O4. The van der Waals surface area contributed by atoms with Gasteiger partial charge in [0.1, 0.15) is 23.0 Å². The molecule has 0 fully saturated rings. The molecule has 0 radical (unpaired) electrons. The molecule has 0 spiro atoms. The highest BCUT2D eigenvalue weighted by atomic mass is 35.5. The van der Waals surface area contributed by atoms with Crippen LogP contribution < -0.4 is 14.8 Å². The van der Waals surface area contributed by atoms with Gasteiger partial charge in [-0.25, -0.2) is 23.7 Å². The standard InChI is InChI=1S/C25H22ClF2N5O4/c1-25(11-34)10-32-24(36-12-25)33-14-6-17(27)21(18(28)7-14)37-19-3-4-29-22-20(19)15(9-30-22)13-5-16(26)23(35-2)31-8-13/h3-9,34H,10-12H2,1-2H3,(H,29,30)(H,32,33)/t25-/m1/s1. The van der Waals surface area contributed by atoms with E-state index in [2.05, 4.69) is 25.3 Å². The molecule has 1 aliphatic rings. The molecule has 3 aromatic heterocycles. The summed E-state index contributed by atoms with van der Waals surface area (Å²) >= 11 is 6.24. The van der Waals surface area contributed by atoms with E-state index in [-0.39, 0.29) is 36.6 Å². The number of aliphatic hydroxyl groups is 1. The van der Waals surface area contributed by atoms with E-state index in [0.29, 0.717) is 33.7 Å². The third-order valence-corrected chi connectivity index (χ3v) is 6.12. The molecule has 0 saturated carbocycles. The van der Waals surface area contributed by atoms with Crippen LogP contribution in [0.5, 0.6) is 17.4 Å². The smallest absolute Gasteiger partial charge is 0.289 e. The number of benzene rings is 1. The number of methoxy groups -OCH3 is 1. The summed E-state index contributed by atoms with van der Waals surface area (Å²) in [6, 6.07) is 5.43. The Morgan fingerprint density at radius 1 is 1.24 bits per heavy atom. The number of aromatic nitrogens is 3. The molecule has 192 valence electrons. The topological polar surface area (TPSA) is 114 Å². The van der Waals surface area contributed by atoms with Crippen molar-refractivity contribution in [2.45, 2.75) is 6.92 Å². The summed E-state index contributed by atoms with van der Waals surface area (Å²) in [6.45, 7) is 2.26. The fourth-order valence-electron chi connectivity index (χ4n) is 3.79. The number of hydrogen-bond donors (Lipinski definition) is 3. The van der Waals surface area contributed by atoms with Gasteiger partial charge in [0.2, 0.25) is 5.88 Å². The van der Waals surface area contributed by atoms with E-state index < -0.39 is 22.8 Å². The van der Waals surface area contributed by atoms with E-state index in [1.54, 1.807) is 18.5 Å². The SMILES string of the molecule is COc1ncc(-c2c[nH]c3nccc(Oc4c(F)cc(NC5=NC[C@](C)(CO)CO5)cc4F)c23)cc1Cl. The van der Waals surface area contributed by atoms with Crippen molar-refractivity contribution in [1.82, 2.24) is 15.0 Å². The number of H-pyrrole nitrogens is 1. The van der Waals surface area contributed by atoms with Crippen molar-refractivity contribution in [3.63, 3.8) is 0 Å². The number of aromatic amines is 1. The summed E-state index contributed by atoms with van der Waals surface area (Å²) in [5.41, 5.74) is 1.28. The Bertz CT molecular complexity index is 1490. The van der Waals surface area contributed by atoms with Crippen molar-refractivity contribution in [3.8, 4) is 28.5 Å². The minimum Gasteiger partial charge on any atom is -0.480 e. The number of pyridine rings is 2. The fourth-order valence-corrected chi connectivity index (χ4v) is 4.04. The zero-order valence-corrected chi connectivity index (χ0v) is 20.6. The highest BCUT2D eigenvalue weighted by Gasteiger charge is 2.29. The molecule has 1 aliphatic heterocycles. The second-order valence-electron chi connectivity index (χ2n) is 8.83. The summed E-state index contributed by atoms with van der Waals surface area (Å²) in [4.78, 5) is 15.7. The first-order valence-corrected chi connectivity index (χ1v) is 11.6. The molecule has 4 aromatic rings. The lowest BCUT2D eigenvalue weighted by atomic mass is 9.93. The average Bonchev–Trinajstić information content (AvgIpc) is 3.33. The zero-order chi connectivity index (χ0) is 26.2. The van der Waals surface area contributed by atoms with Gasteiger partial charge < -0.3 is 29.6 Å². The molecular weight excluding hydrogens is 508 g/mol. The van der Waals surface area contributed by atoms with Gasteiger partial charge in [0, 0.05) is 53.0 Å². The summed E-state index contributed by atoms with van der Waals surface area (Å²) in [7, 11) is 1.46. The maximum atomic E-state index is 15.0. The van der Waals surface area contributed by atoms with Crippen LogP contribution in [-0.4, -0.2) is 52.9 Å². The molecule has 0 aliphatic carbocycles. The van der Waals surface area contributed by atoms with Gasteiger partial charge in [-0.3, -0.25) is 0 Å². The lowest BCUT2D eigenvalue weighted by Crippen LogP contribution is -2.38. The molecule has 3 N–H and O–H groups in total. The highest BCUT2D eigenvalue weighted by molar-refractivity contribution is 6.32. The number of fused-ring (bicyclic) bond motifs is 1.